The van der Waals surface area contributed by atoms with E-state index in [1.807, 2.05) is 6.07 Å². The molecule has 4 aromatic rings. The number of piperazine rings is 1. The maximum Gasteiger partial charge on any atom is 0.225 e. The number of hydrogen-bond donors (Lipinski definition) is 2. The Morgan fingerprint density at radius 1 is 0.946 bits per heavy atom. The van der Waals surface area contributed by atoms with E-state index in [1.165, 1.54) is 19.4 Å². The number of anilines is 3. The zero-order valence-electron chi connectivity index (χ0n) is 20.0. The van der Waals surface area contributed by atoms with Crippen LogP contribution in [-0.2, 0) is 0 Å². The average Bonchev–Trinajstić information content (AvgIpc) is 2.95. The summed E-state index contributed by atoms with van der Waals surface area (Å²) in [4.78, 5) is 28.7. The Balaban J connectivity index is 1.36. The highest BCUT2D eigenvalue weighted by atomic mass is 19.1. The minimum atomic E-state index is -0.742. The van der Waals surface area contributed by atoms with Gasteiger partial charge in [0.05, 0.1) is 18.4 Å². The number of rotatable bonds is 7. The number of carbonyl (C=O) groups excluding carboxylic acids is 1. The van der Waals surface area contributed by atoms with E-state index < -0.39 is 11.6 Å². The van der Waals surface area contributed by atoms with Crippen molar-refractivity contribution in [2.24, 2.45) is 0 Å². The molecule has 0 bridgehead atoms. The number of methoxy groups -OCH3 is 1. The lowest BCUT2D eigenvalue weighted by Gasteiger charge is -2.27. The van der Waals surface area contributed by atoms with Crippen LogP contribution in [0.15, 0.2) is 67.1 Å². The molecule has 1 aliphatic rings. The number of nitrogens with zero attached hydrogens (tertiary/aromatic N) is 4. The molecule has 0 saturated carbocycles. The van der Waals surface area contributed by atoms with Gasteiger partial charge in [-0.1, -0.05) is 6.07 Å². The van der Waals surface area contributed by atoms with E-state index in [9.17, 15) is 13.6 Å². The number of ketones is 1. The van der Waals surface area contributed by atoms with Gasteiger partial charge in [0, 0.05) is 62.0 Å². The van der Waals surface area contributed by atoms with Crippen LogP contribution in [0.2, 0.25) is 0 Å². The van der Waals surface area contributed by atoms with Crippen LogP contribution < -0.4 is 20.3 Å². The van der Waals surface area contributed by atoms with Gasteiger partial charge in [-0.25, -0.2) is 23.7 Å². The fraction of sp³-hybridized carbons (Fsp3) is 0.185. The number of hydrogen-bond acceptors (Lipinski definition) is 8. The molecule has 188 valence electrons. The van der Waals surface area contributed by atoms with Crippen molar-refractivity contribution >= 4 is 23.2 Å². The quantitative estimate of drug-likeness (QED) is 0.363. The Morgan fingerprint density at radius 3 is 2.41 bits per heavy atom. The first kappa shape index (κ1) is 24.3. The highest BCUT2D eigenvalue weighted by Crippen LogP contribution is 2.29. The predicted molar refractivity (Wildman–Crippen MR) is 136 cm³/mol. The normalized spacial score (nSPS) is 13.3. The molecular formula is C27H24F2N6O2. The molecule has 37 heavy (non-hydrogen) atoms. The molecule has 10 heteroatoms. The predicted octanol–water partition coefficient (Wildman–Crippen LogP) is 4.21. The van der Waals surface area contributed by atoms with Crippen LogP contribution in [0.25, 0.3) is 11.1 Å². The van der Waals surface area contributed by atoms with Gasteiger partial charge in [0.1, 0.15) is 23.2 Å². The second-order valence-corrected chi connectivity index (χ2v) is 8.43. The molecule has 0 spiro atoms. The fourth-order valence-corrected chi connectivity index (χ4v) is 4.05. The summed E-state index contributed by atoms with van der Waals surface area (Å²) in [5.41, 5.74) is 2.31. The molecule has 1 fully saturated rings. The van der Waals surface area contributed by atoms with Crippen LogP contribution in [0.1, 0.15) is 15.9 Å². The molecule has 0 atom stereocenters. The topological polar surface area (TPSA) is 92.3 Å². The van der Waals surface area contributed by atoms with E-state index in [2.05, 4.69) is 30.5 Å². The number of carbonyl (C=O) groups is 1. The van der Waals surface area contributed by atoms with E-state index in [0.29, 0.717) is 28.6 Å². The third-order valence-corrected chi connectivity index (χ3v) is 6.04. The van der Waals surface area contributed by atoms with Gasteiger partial charge in [0.15, 0.2) is 5.78 Å². The minimum Gasteiger partial charge on any atom is -0.496 e. The molecule has 8 nitrogen and oxygen atoms in total. The van der Waals surface area contributed by atoms with Crippen LogP contribution in [0.5, 0.6) is 5.75 Å². The standard InChI is InChI=1S/C27H24F2N6O2/c1-37-24-6-2-17(19-15-32-27(33-16-19)35-10-8-30-9-11-35)12-21(24)26(36)18-3-7-25(31-14-18)34-23-5-4-20(28)13-22(23)29/h2-7,12-16,30H,8-11H2,1H3,(H,31,34). The van der Waals surface area contributed by atoms with Gasteiger partial charge in [-0.3, -0.25) is 4.79 Å². The zero-order valence-corrected chi connectivity index (χ0v) is 20.0. The largest absolute Gasteiger partial charge is 0.496 e. The number of halogens is 2. The highest BCUT2D eigenvalue weighted by molar-refractivity contribution is 6.11. The van der Waals surface area contributed by atoms with Crippen LogP contribution in [0.4, 0.5) is 26.2 Å². The van der Waals surface area contributed by atoms with Crippen molar-refractivity contribution < 1.29 is 18.3 Å². The number of nitrogens with one attached hydrogen (secondary N) is 2. The van der Waals surface area contributed by atoms with Gasteiger partial charge >= 0.3 is 0 Å². The number of ether oxygens (including phenoxy) is 1. The third kappa shape index (κ3) is 5.39. The summed E-state index contributed by atoms with van der Waals surface area (Å²) < 4.78 is 32.5. The lowest BCUT2D eigenvalue weighted by atomic mass is 9.99. The van der Waals surface area contributed by atoms with Crippen LogP contribution in [0, 0.1) is 11.6 Å². The maximum absolute atomic E-state index is 13.9. The number of aromatic nitrogens is 3. The molecule has 2 aromatic carbocycles. The van der Waals surface area contributed by atoms with Gasteiger partial charge in [0.25, 0.3) is 0 Å². The van der Waals surface area contributed by atoms with Crippen LogP contribution in [0.3, 0.4) is 0 Å². The summed E-state index contributed by atoms with van der Waals surface area (Å²) in [5, 5.41) is 6.08. The van der Waals surface area contributed by atoms with E-state index in [4.69, 9.17) is 4.74 Å². The van der Waals surface area contributed by atoms with E-state index in [1.54, 1.807) is 36.7 Å². The molecule has 3 heterocycles. The van der Waals surface area contributed by atoms with Crippen LogP contribution in [-0.4, -0.2) is 54.0 Å². The highest BCUT2D eigenvalue weighted by Gasteiger charge is 2.18. The lowest BCUT2D eigenvalue weighted by molar-refractivity contribution is 0.103. The maximum atomic E-state index is 13.9. The van der Waals surface area contributed by atoms with Crippen molar-refractivity contribution in [1.29, 1.82) is 0 Å². The van der Waals surface area contributed by atoms with Gasteiger partial charge in [-0.05, 0) is 42.0 Å². The third-order valence-electron chi connectivity index (χ3n) is 6.04. The van der Waals surface area contributed by atoms with Gasteiger partial charge < -0.3 is 20.3 Å². The van der Waals surface area contributed by atoms with Gasteiger partial charge in [-0.2, -0.15) is 0 Å². The van der Waals surface area contributed by atoms with Crippen molar-refractivity contribution in [1.82, 2.24) is 20.3 Å². The van der Waals surface area contributed by atoms with Crippen molar-refractivity contribution in [2.75, 3.05) is 43.5 Å². The van der Waals surface area contributed by atoms with Gasteiger partial charge in [0.2, 0.25) is 5.95 Å². The molecular weight excluding hydrogens is 478 g/mol. The Hall–Kier alpha value is -4.44. The number of benzene rings is 2. The van der Waals surface area contributed by atoms with E-state index >= 15 is 0 Å². The minimum absolute atomic E-state index is 0.0764. The summed E-state index contributed by atoms with van der Waals surface area (Å²) in [5.74, 6) is -0.296. The Bertz CT molecular complexity index is 1410. The first-order valence-electron chi connectivity index (χ1n) is 11.7. The van der Waals surface area contributed by atoms with E-state index in [-0.39, 0.29) is 11.5 Å². The Kier molecular flexibility index (Phi) is 7.00. The zero-order chi connectivity index (χ0) is 25.8. The molecule has 0 radical (unpaired) electrons. The SMILES string of the molecule is COc1ccc(-c2cnc(N3CCNCC3)nc2)cc1C(=O)c1ccc(Nc2ccc(F)cc2F)nc1. The van der Waals surface area contributed by atoms with Crippen LogP contribution >= 0.6 is 0 Å². The van der Waals surface area contributed by atoms with Crippen molar-refractivity contribution in [2.45, 2.75) is 0 Å². The van der Waals surface area contributed by atoms with Crippen molar-refractivity contribution in [3.63, 3.8) is 0 Å². The second-order valence-electron chi connectivity index (χ2n) is 8.43. The summed E-state index contributed by atoms with van der Waals surface area (Å²) in [6, 6.07) is 11.7. The summed E-state index contributed by atoms with van der Waals surface area (Å²) in [6.45, 7) is 3.48. The molecule has 1 aliphatic heterocycles. The first-order chi connectivity index (χ1) is 18.0. The first-order valence-corrected chi connectivity index (χ1v) is 11.7. The second kappa shape index (κ2) is 10.7. The summed E-state index contributed by atoms with van der Waals surface area (Å²) in [6.07, 6.45) is 4.89. The van der Waals surface area contributed by atoms with E-state index in [0.717, 1.165) is 49.4 Å². The van der Waals surface area contributed by atoms with Gasteiger partial charge in [-0.15, -0.1) is 0 Å². The molecule has 1 saturated heterocycles. The fourth-order valence-electron chi connectivity index (χ4n) is 4.05. The van der Waals surface area contributed by atoms with Crippen molar-refractivity contribution in [3.05, 3.63) is 89.9 Å². The molecule has 5 rings (SSSR count). The Morgan fingerprint density at radius 2 is 1.73 bits per heavy atom. The monoisotopic (exact) mass is 502 g/mol. The summed E-state index contributed by atoms with van der Waals surface area (Å²) >= 11 is 0. The average molecular weight is 503 g/mol. The van der Waals surface area contributed by atoms with Crippen molar-refractivity contribution in [3.8, 4) is 16.9 Å². The lowest BCUT2D eigenvalue weighted by Crippen LogP contribution is -2.44. The summed E-state index contributed by atoms with van der Waals surface area (Å²) in [7, 11) is 1.50. The molecule has 0 aliphatic carbocycles. The molecule has 0 unspecified atom stereocenters. The molecule has 2 aromatic heterocycles. The Labute approximate surface area is 212 Å². The molecule has 2 N–H and O–H groups in total. The number of pyridine rings is 1. The molecule has 0 amide bonds. The smallest absolute Gasteiger partial charge is 0.225 e.